The van der Waals surface area contributed by atoms with Crippen molar-refractivity contribution >= 4 is 32.9 Å². The summed E-state index contributed by atoms with van der Waals surface area (Å²) in [4.78, 5) is 18.8. The lowest BCUT2D eigenvalue weighted by Gasteiger charge is -2.21. The average Bonchev–Trinajstić information content (AvgIpc) is 3.15. The van der Waals surface area contributed by atoms with Crippen LogP contribution in [0.2, 0.25) is 0 Å². The van der Waals surface area contributed by atoms with Crippen LogP contribution in [0.1, 0.15) is 29.9 Å². The number of anilines is 1. The van der Waals surface area contributed by atoms with Crippen LogP contribution in [-0.4, -0.2) is 37.5 Å². The van der Waals surface area contributed by atoms with Crippen molar-refractivity contribution in [1.29, 1.82) is 0 Å². The second-order valence-electron chi connectivity index (χ2n) is 7.19. The summed E-state index contributed by atoms with van der Waals surface area (Å²) in [5.74, 6) is -0.446. The van der Waals surface area contributed by atoms with E-state index in [0.717, 1.165) is 12.1 Å². The van der Waals surface area contributed by atoms with Crippen molar-refractivity contribution in [2.45, 2.75) is 25.6 Å². The first-order chi connectivity index (χ1) is 15.4. The monoisotopic (exact) mass is 485 g/mol. The quantitative estimate of drug-likeness (QED) is 0.418. The van der Waals surface area contributed by atoms with Crippen LogP contribution in [0.4, 0.5) is 18.9 Å². The molecule has 1 aromatic heterocycles. The Labute approximate surface area is 187 Å². The Morgan fingerprint density at radius 2 is 1.88 bits per heavy atom. The number of hydrogen-bond acceptors (Lipinski definition) is 6. The first-order valence-electron chi connectivity index (χ1n) is 9.76. The summed E-state index contributed by atoms with van der Waals surface area (Å²) in [5.41, 5.74) is 6.81. The number of carbonyl (C=O) groups excluding carboxylic acids is 1. The maximum atomic E-state index is 12.9. The maximum Gasteiger partial charge on any atom is 0.416 e. The van der Waals surface area contributed by atoms with Gasteiger partial charge in [0.05, 0.1) is 34.9 Å². The molecule has 0 unspecified atom stereocenters. The number of rotatable bonds is 8. The fourth-order valence-corrected chi connectivity index (χ4v) is 3.88. The Hall–Kier alpha value is -3.16. The van der Waals surface area contributed by atoms with Crippen LogP contribution in [0.25, 0.3) is 11.0 Å². The molecule has 0 bridgehead atoms. The molecule has 0 spiro atoms. The van der Waals surface area contributed by atoms with Crippen molar-refractivity contribution in [2.24, 2.45) is 10.9 Å². The topological polar surface area (TPSA) is 144 Å². The summed E-state index contributed by atoms with van der Waals surface area (Å²) < 4.78 is 68.0. The molecular weight excluding hydrogens is 463 g/mol. The fourth-order valence-electron chi connectivity index (χ4n) is 3.18. The van der Waals surface area contributed by atoms with Gasteiger partial charge in [0.25, 0.3) is 10.2 Å². The number of imidazole rings is 1. The highest BCUT2D eigenvalue weighted by molar-refractivity contribution is 7.90. The summed E-state index contributed by atoms with van der Waals surface area (Å²) in [6.45, 7) is 1.10. The number of nitrogens with zero attached hydrogens (tertiary/aromatic N) is 2. The number of fused-ring (bicyclic) bond motifs is 1. The highest BCUT2D eigenvalue weighted by Crippen LogP contribution is 2.31. The molecule has 9 nitrogen and oxygen atoms in total. The number of benzene rings is 2. The largest absolute Gasteiger partial charge is 0.465 e. The second-order valence-corrected chi connectivity index (χ2v) is 8.66. The minimum absolute atomic E-state index is 0.0907. The Morgan fingerprint density at radius 1 is 1.21 bits per heavy atom. The SMILES string of the molecule is CCOC(=O)CN(c1ccc(C[C@H](N)c2nc3ccc(C(F)(F)F)cc3[nH]2)cc1)S(N)(=O)=O. The number of esters is 1. The third-order valence-corrected chi connectivity index (χ3v) is 5.70. The van der Waals surface area contributed by atoms with E-state index in [2.05, 4.69) is 9.97 Å². The van der Waals surface area contributed by atoms with Gasteiger partial charge >= 0.3 is 12.1 Å². The Bertz CT molecular complexity index is 1240. The molecular formula is C20H22F3N5O4S. The fraction of sp³-hybridized carbons (Fsp3) is 0.300. The van der Waals surface area contributed by atoms with Crippen LogP contribution in [0.3, 0.4) is 0 Å². The molecule has 1 heterocycles. The van der Waals surface area contributed by atoms with Crippen molar-refractivity contribution in [3.63, 3.8) is 0 Å². The van der Waals surface area contributed by atoms with E-state index in [1.165, 1.54) is 18.2 Å². The zero-order valence-corrected chi connectivity index (χ0v) is 18.3. The molecule has 3 rings (SSSR count). The lowest BCUT2D eigenvalue weighted by atomic mass is 10.1. The Kier molecular flexibility index (Phi) is 6.95. The Balaban J connectivity index is 1.76. The van der Waals surface area contributed by atoms with E-state index in [-0.39, 0.29) is 24.2 Å². The van der Waals surface area contributed by atoms with E-state index >= 15 is 0 Å². The first kappa shape index (κ1) is 24.5. The molecule has 33 heavy (non-hydrogen) atoms. The zero-order chi connectivity index (χ0) is 24.4. The van der Waals surface area contributed by atoms with Gasteiger partial charge in [-0.2, -0.15) is 21.6 Å². The van der Waals surface area contributed by atoms with Crippen LogP contribution in [0.15, 0.2) is 42.5 Å². The molecule has 0 saturated heterocycles. The van der Waals surface area contributed by atoms with Crippen molar-refractivity contribution < 1.29 is 31.1 Å². The first-order valence-corrected chi connectivity index (χ1v) is 11.3. The van der Waals surface area contributed by atoms with E-state index in [9.17, 15) is 26.4 Å². The number of alkyl halides is 3. The van der Waals surface area contributed by atoms with Gasteiger partial charge < -0.3 is 15.5 Å². The molecule has 13 heteroatoms. The van der Waals surface area contributed by atoms with E-state index in [1.807, 2.05) is 0 Å². The minimum Gasteiger partial charge on any atom is -0.465 e. The normalized spacial score (nSPS) is 13.2. The van der Waals surface area contributed by atoms with Crippen molar-refractivity contribution in [2.75, 3.05) is 17.5 Å². The third kappa shape index (κ3) is 6.00. The number of carbonyl (C=O) groups is 1. The summed E-state index contributed by atoms with van der Waals surface area (Å²) >= 11 is 0. The summed E-state index contributed by atoms with van der Waals surface area (Å²) in [6.07, 6.45) is -4.21. The smallest absolute Gasteiger partial charge is 0.416 e. The summed E-state index contributed by atoms with van der Waals surface area (Å²) in [5, 5.41) is 5.21. The predicted octanol–water partition coefficient (Wildman–Crippen LogP) is 2.40. The van der Waals surface area contributed by atoms with Gasteiger partial charge in [-0.1, -0.05) is 12.1 Å². The molecule has 0 aliphatic heterocycles. The standard InChI is InChI=1S/C20H22F3N5O4S/c1-2-32-18(29)11-28(33(25,30)31)14-6-3-12(4-7-14)9-15(24)19-26-16-8-5-13(20(21,22)23)10-17(16)27-19/h3-8,10,15H,2,9,11,24H2,1H3,(H,26,27)(H2,25,30,31)/t15-/m0/s1. The second kappa shape index (κ2) is 9.37. The van der Waals surface area contributed by atoms with Gasteiger partial charge in [0.1, 0.15) is 12.4 Å². The maximum absolute atomic E-state index is 12.9. The molecule has 3 aromatic rings. The van der Waals surface area contributed by atoms with Gasteiger partial charge in [-0.15, -0.1) is 0 Å². The molecule has 0 aliphatic rings. The van der Waals surface area contributed by atoms with Gasteiger partial charge in [-0.05, 0) is 49.2 Å². The molecule has 178 valence electrons. The van der Waals surface area contributed by atoms with E-state index in [0.29, 0.717) is 21.2 Å². The predicted molar refractivity (Wildman–Crippen MR) is 115 cm³/mol. The number of aromatic nitrogens is 2. The van der Waals surface area contributed by atoms with Gasteiger partial charge in [0.2, 0.25) is 0 Å². The molecule has 0 radical (unpaired) electrons. The molecule has 5 N–H and O–H groups in total. The number of ether oxygens (including phenoxy) is 1. The van der Waals surface area contributed by atoms with E-state index < -0.39 is 40.5 Å². The van der Waals surface area contributed by atoms with E-state index in [4.69, 9.17) is 15.6 Å². The number of nitrogens with one attached hydrogen (secondary N) is 1. The van der Waals surface area contributed by atoms with E-state index in [1.54, 1.807) is 19.1 Å². The van der Waals surface area contributed by atoms with Gasteiger partial charge in [0, 0.05) is 0 Å². The van der Waals surface area contributed by atoms with Crippen LogP contribution >= 0.6 is 0 Å². The number of halogens is 3. The van der Waals surface area contributed by atoms with Crippen molar-refractivity contribution in [1.82, 2.24) is 9.97 Å². The number of hydrogen-bond donors (Lipinski definition) is 3. The van der Waals surface area contributed by atoms with Crippen molar-refractivity contribution in [3.05, 3.63) is 59.4 Å². The highest BCUT2D eigenvalue weighted by atomic mass is 32.2. The molecule has 0 aliphatic carbocycles. The number of aromatic amines is 1. The zero-order valence-electron chi connectivity index (χ0n) is 17.5. The van der Waals surface area contributed by atoms with Gasteiger partial charge in [-0.3, -0.25) is 4.79 Å². The minimum atomic E-state index is -4.47. The molecule has 0 amide bonds. The number of H-pyrrole nitrogens is 1. The molecule has 0 fully saturated rings. The third-order valence-electron chi connectivity index (χ3n) is 4.74. The van der Waals surface area contributed by atoms with Crippen LogP contribution in [0, 0.1) is 0 Å². The highest BCUT2D eigenvalue weighted by Gasteiger charge is 2.31. The van der Waals surface area contributed by atoms with Crippen LogP contribution < -0.4 is 15.2 Å². The Morgan fingerprint density at radius 3 is 2.45 bits per heavy atom. The van der Waals surface area contributed by atoms with Crippen molar-refractivity contribution in [3.8, 4) is 0 Å². The van der Waals surface area contributed by atoms with Crippen LogP contribution in [-0.2, 0) is 32.3 Å². The lowest BCUT2D eigenvalue weighted by Crippen LogP contribution is -2.40. The average molecular weight is 485 g/mol. The van der Waals surface area contributed by atoms with Gasteiger partial charge in [0.15, 0.2) is 0 Å². The summed E-state index contributed by atoms with van der Waals surface area (Å²) in [6, 6.07) is 8.65. The van der Waals surface area contributed by atoms with Crippen LogP contribution in [0.5, 0.6) is 0 Å². The molecule has 0 saturated carbocycles. The van der Waals surface area contributed by atoms with Gasteiger partial charge in [-0.25, -0.2) is 14.4 Å². The summed E-state index contributed by atoms with van der Waals surface area (Å²) in [7, 11) is -4.23. The number of nitrogens with two attached hydrogens (primary N) is 2. The molecule has 2 aromatic carbocycles. The molecule has 1 atom stereocenters. The lowest BCUT2D eigenvalue weighted by molar-refractivity contribution is -0.141.